The highest BCUT2D eigenvalue weighted by molar-refractivity contribution is 6.30. The fourth-order valence-electron chi connectivity index (χ4n) is 1.89. The maximum absolute atomic E-state index is 5.94. The highest BCUT2D eigenvalue weighted by atomic mass is 35.5. The van der Waals surface area contributed by atoms with Crippen LogP contribution >= 0.6 is 11.6 Å². The maximum atomic E-state index is 5.94. The van der Waals surface area contributed by atoms with E-state index < -0.39 is 0 Å². The van der Waals surface area contributed by atoms with Crippen LogP contribution in [0.2, 0.25) is 5.02 Å². The van der Waals surface area contributed by atoms with Crippen molar-refractivity contribution in [1.29, 1.82) is 0 Å². The van der Waals surface area contributed by atoms with Gasteiger partial charge in [0.15, 0.2) is 0 Å². The van der Waals surface area contributed by atoms with Gasteiger partial charge in [0, 0.05) is 10.7 Å². The third kappa shape index (κ3) is 2.17. The lowest BCUT2D eigenvalue weighted by Gasteiger charge is -2.02. The lowest BCUT2D eigenvalue weighted by atomic mass is 10.2. The van der Waals surface area contributed by atoms with E-state index in [1.807, 2.05) is 36.4 Å². The van der Waals surface area contributed by atoms with Crippen molar-refractivity contribution in [2.45, 2.75) is 6.92 Å². The molecule has 4 heteroatoms. The molecule has 0 unspecified atom stereocenters. The Morgan fingerprint density at radius 2 is 2.06 bits per heavy atom. The summed E-state index contributed by atoms with van der Waals surface area (Å²) in [6.45, 7) is 2.06. The van der Waals surface area contributed by atoms with E-state index in [0.717, 1.165) is 22.7 Å². The smallest absolute Gasteiger partial charge is 0.205 e. The SMILES string of the molecule is Cc1ccc2nc(Nc3cccc(Cl)c3)[nH]c2c1. The Morgan fingerprint density at radius 3 is 2.89 bits per heavy atom. The lowest BCUT2D eigenvalue weighted by Crippen LogP contribution is -1.91. The van der Waals surface area contributed by atoms with Crippen molar-refractivity contribution < 1.29 is 0 Å². The first-order valence-corrected chi connectivity index (χ1v) is 6.07. The first-order valence-electron chi connectivity index (χ1n) is 5.70. The molecule has 0 aliphatic rings. The molecule has 0 spiro atoms. The number of nitrogens with zero attached hydrogens (tertiary/aromatic N) is 1. The van der Waals surface area contributed by atoms with E-state index in [2.05, 4.69) is 28.3 Å². The van der Waals surface area contributed by atoms with Crippen molar-refractivity contribution in [1.82, 2.24) is 9.97 Å². The van der Waals surface area contributed by atoms with Crippen LogP contribution in [0.15, 0.2) is 42.5 Å². The fraction of sp³-hybridized carbons (Fsp3) is 0.0714. The second-order valence-corrected chi connectivity index (χ2v) is 4.68. The van der Waals surface area contributed by atoms with Crippen molar-refractivity contribution in [3.63, 3.8) is 0 Å². The van der Waals surface area contributed by atoms with Gasteiger partial charge in [-0.15, -0.1) is 0 Å². The Hall–Kier alpha value is -2.00. The number of rotatable bonds is 2. The average molecular weight is 258 g/mol. The van der Waals surface area contributed by atoms with Gasteiger partial charge in [0.1, 0.15) is 0 Å². The highest BCUT2D eigenvalue weighted by Crippen LogP contribution is 2.21. The Morgan fingerprint density at radius 1 is 1.17 bits per heavy atom. The molecule has 2 N–H and O–H groups in total. The number of aryl methyl sites for hydroxylation is 1. The molecule has 1 aromatic heterocycles. The molecule has 0 atom stereocenters. The number of aromatic amines is 1. The minimum Gasteiger partial charge on any atom is -0.326 e. The zero-order valence-corrected chi connectivity index (χ0v) is 10.6. The predicted octanol–water partition coefficient (Wildman–Crippen LogP) is 4.27. The third-order valence-electron chi connectivity index (χ3n) is 2.72. The van der Waals surface area contributed by atoms with Crippen LogP contribution in [0.1, 0.15) is 5.56 Å². The summed E-state index contributed by atoms with van der Waals surface area (Å²) in [6.07, 6.45) is 0. The summed E-state index contributed by atoms with van der Waals surface area (Å²) in [5.74, 6) is 0.720. The molecule has 0 radical (unpaired) electrons. The number of H-pyrrole nitrogens is 1. The second-order valence-electron chi connectivity index (χ2n) is 4.24. The van der Waals surface area contributed by atoms with E-state index >= 15 is 0 Å². The van der Waals surface area contributed by atoms with Gasteiger partial charge in [0.2, 0.25) is 5.95 Å². The monoisotopic (exact) mass is 257 g/mol. The zero-order valence-electron chi connectivity index (χ0n) is 9.87. The van der Waals surface area contributed by atoms with Gasteiger partial charge >= 0.3 is 0 Å². The first-order chi connectivity index (χ1) is 8.70. The Kier molecular flexibility index (Phi) is 2.68. The molecule has 2 aromatic carbocycles. The van der Waals surface area contributed by atoms with Gasteiger partial charge in [-0.1, -0.05) is 23.7 Å². The van der Waals surface area contributed by atoms with Crippen LogP contribution in [0.3, 0.4) is 0 Å². The molecule has 0 fully saturated rings. The molecule has 1 heterocycles. The van der Waals surface area contributed by atoms with Crippen LogP contribution in [0.4, 0.5) is 11.6 Å². The molecule has 3 rings (SSSR count). The minimum atomic E-state index is 0.701. The number of hydrogen-bond donors (Lipinski definition) is 2. The van der Waals surface area contributed by atoms with Crippen molar-refractivity contribution in [3.8, 4) is 0 Å². The number of hydrogen-bond acceptors (Lipinski definition) is 2. The Balaban J connectivity index is 1.95. The zero-order chi connectivity index (χ0) is 12.5. The fourth-order valence-corrected chi connectivity index (χ4v) is 2.08. The van der Waals surface area contributed by atoms with Crippen molar-refractivity contribution in [2.75, 3.05) is 5.32 Å². The molecule has 90 valence electrons. The normalized spacial score (nSPS) is 10.8. The van der Waals surface area contributed by atoms with Gasteiger partial charge in [-0.3, -0.25) is 0 Å². The van der Waals surface area contributed by atoms with Gasteiger partial charge in [-0.25, -0.2) is 4.98 Å². The van der Waals surface area contributed by atoms with Gasteiger partial charge in [-0.2, -0.15) is 0 Å². The Labute approximate surface area is 110 Å². The highest BCUT2D eigenvalue weighted by Gasteiger charge is 2.03. The molecule has 0 amide bonds. The van der Waals surface area contributed by atoms with E-state index in [4.69, 9.17) is 11.6 Å². The second kappa shape index (κ2) is 4.35. The molecule has 0 saturated heterocycles. The van der Waals surface area contributed by atoms with E-state index in [1.54, 1.807) is 0 Å². The predicted molar refractivity (Wildman–Crippen MR) is 75.6 cm³/mol. The van der Waals surface area contributed by atoms with Crippen molar-refractivity contribution in [2.24, 2.45) is 0 Å². The molecule has 3 aromatic rings. The number of anilines is 2. The van der Waals surface area contributed by atoms with E-state index in [1.165, 1.54) is 5.56 Å². The molecular formula is C14H12ClN3. The van der Waals surface area contributed by atoms with Crippen molar-refractivity contribution >= 4 is 34.3 Å². The number of fused-ring (bicyclic) bond motifs is 1. The number of aromatic nitrogens is 2. The molecule has 3 nitrogen and oxygen atoms in total. The number of nitrogens with one attached hydrogen (secondary N) is 2. The van der Waals surface area contributed by atoms with Gasteiger partial charge in [0.05, 0.1) is 11.0 Å². The van der Waals surface area contributed by atoms with E-state index in [-0.39, 0.29) is 0 Å². The van der Waals surface area contributed by atoms with Crippen LogP contribution in [0.5, 0.6) is 0 Å². The third-order valence-corrected chi connectivity index (χ3v) is 2.96. The Bertz CT molecular complexity index is 703. The lowest BCUT2D eigenvalue weighted by molar-refractivity contribution is 1.31. The summed E-state index contributed by atoms with van der Waals surface area (Å²) >= 11 is 5.94. The molecule has 0 aliphatic carbocycles. The van der Waals surface area contributed by atoms with E-state index in [9.17, 15) is 0 Å². The topological polar surface area (TPSA) is 40.7 Å². The van der Waals surface area contributed by atoms with Crippen molar-refractivity contribution in [3.05, 3.63) is 53.1 Å². The summed E-state index contributed by atoms with van der Waals surface area (Å²) in [5, 5.41) is 3.90. The number of halogens is 1. The van der Waals surface area contributed by atoms with Crippen LogP contribution < -0.4 is 5.32 Å². The van der Waals surface area contributed by atoms with Crippen LogP contribution in [0.25, 0.3) is 11.0 Å². The largest absolute Gasteiger partial charge is 0.326 e. The maximum Gasteiger partial charge on any atom is 0.205 e. The molecule has 0 bridgehead atoms. The average Bonchev–Trinajstić information content (AvgIpc) is 2.70. The summed E-state index contributed by atoms with van der Waals surface area (Å²) < 4.78 is 0. The summed E-state index contributed by atoms with van der Waals surface area (Å²) in [6, 6.07) is 13.7. The molecular weight excluding hydrogens is 246 g/mol. The first kappa shape index (κ1) is 11.1. The minimum absolute atomic E-state index is 0.701. The standard InChI is InChI=1S/C14H12ClN3/c1-9-5-6-12-13(7-9)18-14(17-12)16-11-4-2-3-10(15)8-11/h2-8H,1H3,(H2,16,17,18). The number of benzene rings is 2. The summed E-state index contributed by atoms with van der Waals surface area (Å²) in [5.41, 5.74) is 4.10. The van der Waals surface area contributed by atoms with E-state index in [0.29, 0.717) is 5.02 Å². The van der Waals surface area contributed by atoms with Gasteiger partial charge in [0.25, 0.3) is 0 Å². The molecule has 0 saturated carbocycles. The van der Waals surface area contributed by atoms with Crippen LogP contribution in [-0.2, 0) is 0 Å². The number of imidazole rings is 1. The molecule has 18 heavy (non-hydrogen) atoms. The van der Waals surface area contributed by atoms with Crippen LogP contribution in [0, 0.1) is 6.92 Å². The summed E-state index contributed by atoms with van der Waals surface area (Å²) in [7, 11) is 0. The quantitative estimate of drug-likeness (QED) is 0.720. The molecule has 0 aliphatic heterocycles. The van der Waals surface area contributed by atoms with Gasteiger partial charge in [-0.05, 0) is 42.8 Å². The summed E-state index contributed by atoms with van der Waals surface area (Å²) in [4.78, 5) is 7.71. The van der Waals surface area contributed by atoms with Gasteiger partial charge < -0.3 is 10.3 Å². The van der Waals surface area contributed by atoms with Crippen LogP contribution in [-0.4, -0.2) is 9.97 Å².